The molecule has 0 radical (unpaired) electrons. The highest BCUT2D eigenvalue weighted by Crippen LogP contribution is 2.17. The van der Waals surface area contributed by atoms with Crippen molar-refractivity contribution in [2.24, 2.45) is 0 Å². The van der Waals surface area contributed by atoms with E-state index in [1.54, 1.807) is 0 Å². The van der Waals surface area contributed by atoms with Crippen molar-refractivity contribution in [3.05, 3.63) is 65.6 Å². The Bertz CT molecular complexity index is 791. The minimum absolute atomic E-state index is 0.734. The molecular formula is C18H19ClN4. The number of hydrogen-bond acceptors (Lipinski definition) is 3. The number of aromatic nitrogens is 2. The third-order valence-corrected chi connectivity index (χ3v) is 4.57. The van der Waals surface area contributed by atoms with E-state index in [-0.39, 0.29) is 0 Å². The molecule has 0 saturated carbocycles. The number of imidazole rings is 1. The van der Waals surface area contributed by atoms with Gasteiger partial charge in [0.25, 0.3) is 0 Å². The summed E-state index contributed by atoms with van der Waals surface area (Å²) in [4.78, 5) is 9.58. The first kappa shape index (κ1) is 14.5. The molecule has 4 rings (SSSR count). The summed E-state index contributed by atoms with van der Waals surface area (Å²) >= 11 is 6.03. The topological polar surface area (TPSA) is 23.8 Å². The molecule has 0 bridgehead atoms. The van der Waals surface area contributed by atoms with E-state index in [2.05, 4.69) is 51.3 Å². The Morgan fingerprint density at radius 3 is 2.48 bits per heavy atom. The average Bonchev–Trinajstić information content (AvgIpc) is 2.97. The molecule has 1 aromatic carbocycles. The van der Waals surface area contributed by atoms with Crippen molar-refractivity contribution >= 4 is 22.9 Å². The van der Waals surface area contributed by atoms with E-state index in [1.807, 2.05) is 22.7 Å². The molecule has 5 heteroatoms. The van der Waals surface area contributed by atoms with E-state index >= 15 is 0 Å². The lowest BCUT2D eigenvalue weighted by atomic mass is 10.2. The van der Waals surface area contributed by atoms with Gasteiger partial charge < -0.3 is 9.30 Å². The van der Waals surface area contributed by atoms with Gasteiger partial charge in [-0.25, -0.2) is 4.98 Å². The second-order valence-corrected chi connectivity index (χ2v) is 6.38. The van der Waals surface area contributed by atoms with Crippen LogP contribution in [0.1, 0.15) is 5.69 Å². The van der Waals surface area contributed by atoms with Gasteiger partial charge in [-0.15, -0.1) is 0 Å². The Labute approximate surface area is 140 Å². The van der Waals surface area contributed by atoms with Crippen molar-refractivity contribution in [1.82, 2.24) is 14.3 Å². The molecule has 0 atom stereocenters. The second-order valence-electron chi connectivity index (χ2n) is 5.94. The highest BCUT2D eigenvalue weighted by atomic mass is 35.5. The zero-order chi connectivity index (χ0) is 15.6. The van der Waals surface area contributed by atoms with Crippen LogP contribution in [0, 0.1) is 0 Å². The van der Waals surface area contributed by atoms with Crippen LogP contribution < -0.4 is 4.90 Å². The number of pyridine rings is 1. The van der Waals surface area contributed by atoms with Gasteiger partial charge in [0.05, 0.1) is 10.7 Å². The summed E-state index contributed by atoms with van der Waals surface area (Å²) in [7, 11) is 0. The van der Waals surface area contributed by atoms with E-state index in [0.717, 1.165) is 49.1 Å². The van der Waals surface area contributed by atoms with E-state index < -0.39 is 0 Å². The molecule has 4 nitrogen and oxygen atoms in total. The molecule has 3 aromatic rings. The molecule has 1 aliphatic heterocycles. The summed E-state index contributed by atoms with van der Waals surface area (Å²) in [6, 6.07) is 14.5. The Morgan fingerprint density at radius 2 is 1.70 bits per heavy atom. The van der Waals surface area contributed by atoms with Crippen LogP contribution in [0.2, 0.25) is 5.02 Å². The number of hydrogen-bond donors (Lipinski definition) is 0. The maximum Gasteiger partial charge on any atom is 0.137 e. The third-order valence-electron chi connectivity index (χ3n) is 4.34. The molecule has 0 spiro atoms. The first-order chi connectivity index (χ1) is 11.3. The predicted octanol–water partition coefficient (Wildman–Crippen LogP) is 3.31. The van der Waals surface area contributed by atoms with E-state index in [9.17, 15) is 0 Å². The lowest BCUT2D eigenvalue weighted by Gasteiger charge is -2.35. The summed E-state index contributed by atoms with van der Waals surface area (Å²) in [6.07, 6.45) is 3.98. The molecule has 0 N–H and O–H groups in total. The fourth-order valence-electron chi connectivity index (χ4n) is 3.13. The fourth-order valence-corrected chi connectivity index (χ4v) is 3.29. The van der Waals surface area contributed by atoms with Crippen LogP contribution in [0.4, 0.5) is 5.69 Å². The normalized spacial score (nSPS) is 16.1. The van der Waals surface area contributed by atoms with Crippen molar-refractivity contribution in [2.75, 3.05) is 31.1 Å². The Morgan fingerprint density at radius 1 is 0.913 bits per heavy atom. The van der Waals surface area contributed by atoms with Crippen LogP contribution in [0.15, 0.2) is 54.9 Å². The largest absolute Gasteiger partial charge is 0.369 e. The van der Waals surface area contributed by atoms with Crippen molar-refractivity contribution in [1.29, 1.82) is 0 Å². The molecule has 23 heavy (non-hydrogen) atoms. The number of anilines is 1. The van der Waals surface area contributed by atoms with Gasteiger partial charge in [0.2, 0.25) is 0 Å². The number of nitrogens with zero attached hydrogens (tertiary/aromatic N) is 4. The van der Waals surface area contributed by atoms with Gasteiger partial charge in [-0.1, -0.05) is 29.8 Å². The van der Waals surface area contributed by atoms with Gasteiger partial charge >= 0.3 is 0 Å². The monoisotopic (exact) mass is 326 g/mol. The minimum Gasteiger partial charge on any atom is -0.369 e. The Kier molecular flexibility index (Phi) is 3.93. The zero-order valence-electron chi connectivity index (χ0n) is 12.9. The Balaban J connectivity index is 1.40. The first-order valence-electron chi connectivity index (χ1n) is 7.93. The number of para-hydroxylation sites is 1. The summed E-state index contributed by atoms with van der Waals surface area (Å²) in [5.74, 6) is 0. The molecule has 0 aliphatic carbocycles. The number of benzene rings is 1. The average molecular weight is 327 g/mol. The van der Waals surface area contributed by atoms with Crippen LogP contribution in [0.5, 0.6) is 0 Å². The molecule has 3 heterocycles. The lowest BCUT2D eigenvalue weighted by Crippen LogP contribution is -2.46. The van der Waals surface area contributed by atoms with Gasteiger partial charge in [-0.3, -0.25) is 4.90 Å². The smallest absolute Gasteiger partial charge is 0.137 e. The molecule has 1 aliphatic rings. The van der Waals surface area contributed by atoms with Gasteiger partial charge in [-0.05, 0) is 24.3 Å². The van der Waals surface area contributed by atoms with Crippen molar-refractivity contribution < 1.29 is 0 Å². The predicted molar refractivity (Wildman–Crippen MR) is 94.1 cm³/mol. The van der Waals surface area contributed by atoms with Gasteiger partial charge in [-0.2, -0.15) is 0 Å². The van der Waals surface area contributed by atoms with Gasteiger partial charge in [0.15, 0.2) is 0 Å². The van der Waals surface area contributed by atoms with E-state index in [1.165, 1.54) is 5.69 Å². The number of rotatable bonds is 3. The van der Waals surface area contributed by atoms with E-state index in [4.69, 9.17) is 11.6 Å². The van der Waals surface area contributed by atoms with Crippen LogP contribution in [-0.2, 0) is 6.54 Å². The van der Waals surface area contributed by atoms with Crippen molar-refractivity contribution in [2.45, 2.75) is 6.54 Å². The highest BCUT2D eigenvalue weighted by Gasteiger charge is 2.18. The lowest BCUT2D eigenvalue weighted by molar-refractivity contribution is 0.247. The quantitative estimate of drug-likeness (QED) is 0.738. The fraction of sp³-hybridized carbons (Fsp3) is 0.278. The van der Waals surface area contributed by atoms with Crippen LogP contribution in [0.25, 0.3) is 5.65 Å². The summed E-state index contributed by atoms with van der Waals surface area (Å²) in [5.41, 5.74) is 3.36. The molecule has 1 fully saturated rings. The third kappa shape index (κ3) is 3.19. The zero-order valence-corrected chi connectivity index (χ0v) is 13.7. The van der Waals surface area contributed by atoms with Crippen LogP contribution in [0.3, 0.4) is 0 Å². The van der Waals surface area contributed by atoms with Crippen molar-refractivity contribution in [3.8, 4) is 0 Å². The molecule has 2 aromatic heterocycles. The maximum atomic E-state index is 6.03. The van der Waals surface area contributed by atoms with Gasteiger partial charge in [0.1, 0.15) is 5.65 Å². The van der Waals surface area contributed by atoms with Crippen LogP contribution >= 0.6 is 11.6 Å². The molecule has 0 unspecified atom stereocenters. The molecule has 118 valence electrons. The SMILES string of the molecule is Clc1ccc2nc(CN3CCN(c4ccccc4)CC3)cn2c1. The highest BCUT2D eigenvalue weighted by molar-refractivity contribution is 6.30. The molecular weight excluding hydrogens is 308 g/mol. The number of piperazine rings is 1. The standard InChI is InChI=1S/C18H19ClN4/c19-15-6-7-18-20-16(14-23(18)12-15)13-21-8-10-22(11-9-21)17-4-2-1-3-5-17/h1-7,12,14H,8-11,13H2. The minimum atomic E-state index is 0.734. The van der Waals surface area contributed by atoms with Gasteiger partial charge in [0, 0.05) is 50.8 Å². The molecule has 0 amide bonds. The van der Waals surface area contributed by atoms with E-state index in [0.29, 0.717) is 0 Å². The number of halogens is 1. The second kappa shape index (κ2) is 6.22. The summed E-state index contributed by atoms with van der Waals surface area (Å²) < 4.78 is 2.00. The number of fused-ring (bicyclic) bond motifs is 1. The first-order valence-corrected chi connectivity index (χ1v) is 8.31. The maximum absolute atomic E-state index is 6.03. The summed E-state index contributed by atoms with van der Waals surface area (Å²) in [6.45, 7) is 5.13. The Hall–Kier alpha value is -2.04. The van der Waals surface area contributed by atoms with Crippen molar-refractivity contribution in [3.63, 3.8) is 0 Å². The van der Waals surface area contributed by atoms with Crippen LogP contribution in [-0.4, -0.2) is 40.5 Å². The molecule has 1 saturated heterocycles. The summed E-state index contributed by atoms with van der Waals surface area (Å²) in [5, 5.41) is 0.734.